The number of fused-ring (bicyclic) bond motifs is 1. The van der Waals surface area contributed by atoms with Crippen LogP contribution in [0, 0.1) is 0 Å². The van der Waals surface area contributed by atoms with Crippen molar-refractivity contribution in [1.82, 2.24) is 14.5 Å². The maximum absolute atomic E-state index is 4.15. The molecule has 0 aromatic carbocycles. The molecule has 0 unspecified atom stereocenters. The Morgan fingerprint density at radius 3 is 2.56 bits per heavy atom. The summed E-state index contributed by atoms with van der Waals surface area (Å²) in [5.74, 6) is 0. The van der Waals surface area contributed by atoms with E-state index in [1.54, 1.807) is 0 Å². The summed E-state index contributed by atoms with van der Waals surface area (Å²) in [6.45, 7) is 0. The van der Waals surface area contributed by atoms with Gasteiger partial charge in [0.05, 0.1) is 11.7 Å². The molecule has 3 heterocycles. The van der Waals surface area contributed by atoms with Gasteiger partial charge in [0.2, 0.25) is 0 Å². The molecule has 0 spiro atoms. The predicted octanol–water partition coefficient (Wildman–Crippen LogP) is 2.64. The van der Waals surface area contributed by atoms with E-state index in [0.29, 0.717) is 0 Å². The fourth-order valence-corrected chi connectivity index (χ4v) is 1.99. The minimum Gasteiger partial charge on any atom is -0.349 e. The maximum Gasteiger partial charge on any atom is 0.0670 e. The summed E-state index contributed by atoms with van der Waals surface area (Å²) >= 11 is 0. The third kappa shape index (κ3) is 1.29. The van der Waals surface area contributed by atoms with Crippen molar-refractivity contribution < 1.29 is 0 Å². The quantitative estimate of drug-likeness (QED) is 0.616. The first-order valence-corrected chi connectivity index (χ1v) is 5.16. The number of rotatable bonds is 1. The molecule has 0 N–H and O–H groups in total. The molecule has 0 radical (unpaired) electrons. The Bertz CT molecular complexity index is 626. The fourth-order valence-electron chi connectivity index (χ4n) is 1.99. The van der Waals surface area contributed by atoms with E-state index in [1.807, 2.05) is 50.0 Å². The second-order valence-electron chi connectivity index (χ2n) is 3.78. The molecule has 0 bridgehead atoms. The molecule has 3 aromatic heterocycles. The number of aromatic nitrogens is 3. The lowest BCUT2D eigenvalue weighted by Crippen LogP contribution is -1.83. The molecule has 3 rings (SSSR count). The van der Waals surface area contributed by atoms with Crippen LogP contribution in [0.25, 0.3) is 22.0 Å². The molecule has 3 aromatic rings. The van der Waals surface area contributed by atoms with Crippen molar-refractivity contribution in [2.24, 2.45) is 7.05 Å². The van der Waals surface area contributed by atoms with Gasteiger partial charge in [0.15, 0.2) is 0 Å². The Morgan fingerprint density at radius 2 is 1.75 bits per heavy atom. The van der Waals surface area contributed by atoms with E-state index in [0.717, 1.165) is 5.52 Å². The van der Waals surface area contributed by atoms with E-state index >= 15 is 0 Å². The third-order valence-electron chi connectivity index (χ3n) is 2.78. The van der Waals surface area contributed by atoms with Crippen molar-refractivity contribution in [1.29, 1.82) is 0 Å². The fraction of sp³-hybridized carbons (Fsp3) is 0.0769. The van der Waals surface area contributed by atoms with E-state index in [-0.39, 0.29) is 0 Å². The molecule has 0 saturated carbocycles. The molecule has 3 nitrogen and oxygen atoms in total. The standard InChI is InChI=1S/C13H11N3/c1-16-9-12(10-2-5-14-6-3-10)11-4-7-15-8-13(11)16/h2-9H,1H3. The highest BCUT2D eigenvalue weighted by molar-refractivity contribution is 5.95. The molecule has 0 atom stereocenters. The Balaban J connectivity index is 2.33. The molecule has 0 aliphatic carbocycles. The monoisotopic (exact) mass is 209 g/mol. The van der Waals surface area contributed by atoms with Crippen LogP contribution in [0.15, 0.2) is 49.2 Å². The summed E-state index contributed by atoms with van der Waals surface area (Å²) in [6.07, 6.45) is 9.47. The highest BCUT2D eigenvalue weighted by atomic mass is 14.9. The summed E-state index contributed by atoms with van der Waals surface area (Å²) in [7, 11) is 2.04. The van der Waals surface area contributed by atoms with Crippen molar-refractivity contribution in [3.8, 4) is 11.1 Å². The van der Waals surface area contributed by atoms with Crippen LogP contribution in [-0.4, -0.2) is 14.5 Å². The third-order valence-corrected chi connectivity index (χ3v) is 2.78. The smallest absolute Gasteiger partial charge is 0.0670 e. The molecule has 0 aliphatic rings. The summed E-state index contributed by atoms with van der Waals surface area (Å²) in [6, 6.07) is 6.09. The highest BCUT2D eigenvalue weighted by Gasteiger charge is 2.07. The van der Waals surface area contributed by atoms with Crippen LogP contribution in [0.5, 0.6) is 0 Å². The van der Waals surface area contributed by atoms with Crippen molar-refractivity contribution in [3.05, 3.63) is 49.2 Å². The molecule has 0 saturated heterocycles. The average Bonchev–Trinajstić information content (AvgIpc) is 2.69. The molecular weight excluding hydrogens is 198 g/mol. The van der Waals surface area contributed by atoms with Crippen LogP contribution in [0.3, 0.4) is 0 Å². The summed E-state index contributed by atoms with van der Waals surface area (Å²) < 4.78 is 2.10. The van der Waals surface area contributed by atoms with Gasteiger partial charge in [-0.25, -0.2) is 0 Å². The number of hydrogen-bond donors (Lipinski definition) is 0. The van der Waals surface area contributed by atoms with E-state index in [2.05, 4.69) is 20.7 Å². The van der Waals surface area contributed by atoms with Crippen LogP contribution >= 0.6 is 0 Å². The van der Waals surface area contributed by atoms with Crippen LogP contribution in [0.2, 0.25) is 0 Å². The number of hydrogen-bond acceptors (Lipinski definition) is 2. The van der Waals surface area contributed by atoms with Crippen LogP contribution in [-0.2, 0) is 7.05 Å². The van der Waals surface area contributed by atoms with Gasteiger partial charge in [-0.2, -0.15) is 0 Å². The lowest BCUT2D eigenvalue weighted by Gasteiger charge is -1.97. The van der Waals surface area contributed by atoms with Gasteiger partial charge < -0.3 is 4.57 Å². The minimum absolute atomic E-state index is 1.15. The van der Waals surface area contributed by atoms with Gasteiger partial charge in [0.1, 0.15) is 0 Å². The van der Waals surface area contributed by atoms with Crippen molar-refractivity contribution in [3.63, 3.8) is 0 Å². The molecule has 78 valence electrons. The van der Waals surface area contributed by atoms with Gasteiger partial charge in [-0.1, -0.05) is 0 Å². The topological polar surface area (TPSA) is 30.7 Å². The normalized spacial score (nSPS) is 10.8. The number of pyridine rings is 2. The van der Waals surface area contributed by atoms with E-state index < -0.39 is 0 Å². The van der Waals surface area contributed by atoms with Crippen molar-refractivity contribution >= 4 is 10.9 Å². The molecule has 3 heteroatoms. The lowest BCUT2D eigenvalue weighted by atomic mass is 10.1. The Kier molecular flexibility index (Phi) is 1.96. The molecule has 0 fully saturated rings. The maximum atomic E-state index is 4.15. The van der Waals surface area contributed by atoms with Gasteiger partial charge in [-0.15, -0.1) is 0 Å². The van der Waals surface area contributed by atoms with Gasteiger partial charge in [0.25, 0.3) is 0 Å². The Labute approximate surface area is 93.4 Å². The van der Waals surface area contributed by atoms with Gasteiger partial charge >= 0.3 is 0 Å². The van der Waals surface area contributed by atoms with Crippen molar-refractivity contribution in [2.45, 2.75) is 0 Å². The highest BCUT2D eigenvalue weighted by Crippen LogP contribution is 2.28. The first-order chi connectivity index (χ1) is 7.86. The first-order valence-electron chi connectivity index (χ1n) is 5.16. The number of nitrogens with zero attached hydrogens (tertiary/aromatic N) is 3. The van der Waals surface area contributed by atoms with E-state index in [1.165, 1.54) is 16.5 Å². The molecular formula is C13H11N3. The number of aryl methyl sites for hydroxylation is 1. The first kappa shape index (κ1) is 9.09. The summed E-state index contributed by atoms with van der Waals surface area (Å²) in [5, 5.41) is 1.23. The lowest BCUT2D eigenvalue weighted by molar-refractivity contribution is 0.966. The summed E-state index contributed by atoms with van der Waals surface area (Å²) in [5.41, 5.74) is 3.56. The average molecular weight is 209 g/mol. The second kappa shape index (κ2) is 3.45. The molecule has 0 amide bonds. The molecule has 16 heavy (non-hydrogen) atoms. The zero-order valence-corrected chi connectivity index (χ0v) is 8.96. The SMILES string of the molecule is Cn1cc(-c2ccncc2)c2ccncc21. The van der Waals surface area contributed by atoms with Crippen LogP contribution in [0.4, 0.5) is 0 Å². The predicted molar refractivity (Wildman–Crippen MR) is 63.9 cm³/mol. The van der Waals surface area contributed by atoms with Gasteiger partial charge in [0, 0.05) is 42.8 Å². The largest absolute Gasteiger partial charge is 0.349 e. The molecule has 0 aliphatic heterocycles. The minimum atomic E-state index is 1.15. The summed E-state index contributed by atoms with van der Waals surface area (Å²) in [4.78, 5) is 8.19. The van der Waals surface area contributed by atoms with Crippen LogP contribution < -0.4 is 0 Å². The van der Waals surface area contributed by atoms with Crippen molar-refractivity contribution in [2.75, 3.05) is 0 Å². The Morgan fingerprint density at radius 1 is 1.00 bits per heavy atom. The van der Waals surface area contributed by atoms with Gasteiger partial charge in [-0.3, -0.25) is 9.97 Å². The van der Waals surface area contributed by atoms with E-state index in [4.69, 9.17) is 0 Å². The second-order valence-corrected chi connectivity index (χ2v) is 3.78. The van der Waals surface area contributed by atoms with Crippen LogP contribution in [0.1, 0.15) is 0 Å². The zero-order valence-electron chi connectivity index (χ0n) is 8.96. The van der Waals surface area contributed by atoms with E-state index in [9.17, 15) is 0 Å². The van der Waals surface area contributed by atoms with Gasteiger partial charge in [-0.05, 0) is 23.8 Å². The zero-order chi connectivity index (χ0) is 11.0. The Hall–Kier alpha value is -2.16.